The number of aryl methyl sites for hydroxylation is 1. The van der Waals surface area contributed by atoms with Gasteiger partial charge in [0.05, 0.1) is 0 Å². The van der Waals surface area contributed by atoms with E-state index in [1.165, 1.54) is 11.1 Å². The van der Waals surface area contributed by atoms with Gasteiger partial charge in [0.15, 0.2) is 0 Å². The average molecular weight is 225 g/mol. The first-order valence-corrected chi connectivity index (χ1v) is 6.53. The van der Waals surface area contributed by atoms with E-state index in [4.69, 9.17) is 0 Å². The lowest BCUT2D eigenvalue weighted by atomic mass is 10.1. The van der Waals surface area contributed by atoms with E-state index in [9.17, 15) is 0 Å². The molecule has 0 radical (unpaired) electrons. The van der Waals surface area contributed by atoms with Crippen LogP contribution in [0.3, 0.4) is 0 Å². The van der Waals surface area contributed by atoms with Crippen LogP contribution in [0.5, 0.6) is 0 Å². The number of hydrogen-bond donors (Lipinski definition) is 1. The summed E-state index contributed by atoms with van der Waals surface area (Å²) in [5.41, 5.74) is 2.66. The maximum Gasteiger partial charge on any atom is 0.0202 e. The van der Waals surface area contributed by atoms with Crippen molar-refractivity contribution in [3.05, 3.63) is 35.4 Å². The van der Waals surface area contributed by atoms with Crippen molar-refractivity contribution in [1.29, 1.82) is 0 Å². The number of hydrogen-bond acceptors (Lipinski definition) is 1. The quantitative estimate of drug-likeness (QED) is 0.763. The Hall–Kier alpha value is -0.820. The highest BCUT2D eigenvalue weighted by Gasteiger charge is 1.87. The number of rotatable bonds is 2. The normalized spacial score (nSPS) is 7.25. The van der Waals surface area contributed by atoms with E-state index in [1.807, 2.05) is 48.6 Å². The van der Waals surface area contributed by atoms with Crippen molar-refractivity contribution in [2.24, 2.45) is 0 Å². The van der Waals surface area contributed by atoms with Crippen LogP contribution >= 0.6 is 0 Å². The zero-order chi connectivity index (χ0) is 13.4. The molecule has 0 heterocycles. The Morgan fingerprint density at radius 2 is 1.19 bits per heavy atom. The maximum atomic E-state index is 3.10. The first-order chi connectivity index (χ1) is 7.83. The molecule has 1 N–H and O–H groups in total. The first kappa shape index (κ1) is 20.6. The van der Waals surface area contributed by atoms with Gasteiger partial charge in [-0.2, -0.15) is 0 Å². The van der Waals surface area contributed by atoms with Crippen LogP contribution in [0.1, 0.15) is 52.7 Å². The van der Waals surface area contributed by atoms with Gasteiger partial charge in [-0.05, 0) is 19.5 Å². The molecule has 0 aliphatic heterocycles. The minimum absolute atomic E-state index is 0.959. The summed E-state index contributed by atoms with van der Waals surface area (Å²) in [6.45, 7) is 15.1. The first-order valence-electron chi connectivity index (χ1n) is 6.53. The molecular formula is C15H31N. The monoisotopic (exact) mass is 225 g/mol. The Labute approximate surface area is 103 Å². The number of nitrogens with one attached hydrogen (secondary N) is 1. The summed E-state index contributed by atoms with van der Waals surface area (Å²) in [5, 5.41) is 3.10. The smallest absolute Gasteiger partial charge is 0.0202 e. The molecule has 1 aromatic rings. The summed E-state index contributed by atoms with van der Waals surface area (Å²) >= 11 is 0. The zero-order valence-corrected chi connectivity index (χ0v) is 12.5. The summed E-state index contributed by atoms with van der Waals surface area (Å²) in [4.78, 5) is 0. The fraction of sp³-hybridized carbons (Fsp3) is 0.600. The Kier molecular flexibility index (Phi) is 25.3. The van der Waals surface area contributed by atoms with E-state index in [0.29, 0.717) is 0 Å². The molecule has 1 rings (SSSR count). The molecule has 0 aliphatic carbocycles. The standard InChI is InChI=1S/C9H13N.3C2H6/c1-8-3-5-9(6-4-8)7-10-2;3*1-2/h3-6,10H,7H2,1-2H3;3*1-2H3. The SMILES string of the molecule is CC.CC.CC.CNCc1ccc(C)cc1. The molecule has 0 amide bonds. The van der Waals surface area contributed by atoms with Crippen LogP contribution in [0.15, 0.2) is 24.3 Å². The van der Waals surface area contributed by atoms with E-state index < -0.39 is 0 Å². The predicted molar refractivity (Wildman–Crippen MR) is 78.0 cm³/mol. The molecule has 96 valence electrons. The third-order valence-corrected chi connectivity index (χ3v) is 1.50. The van der Waals surface area contributed by atoms with E-state index in [2.05, 4.69) is 36.5 Å². The van der Waals surface area contributed by atoms with Gasteiger partial charge in [0.1, 0.15) is 0 Å². The van der Waals surface area contributed by atoms with Gasteiger partial charge in [-0.25, -0.2) is 0 Å². The molecule has 0 spiro atoms. The van der Waals surface area contributed by atoms with Crippen molar-refractivity contribution in [3.8, 4) is 0 Å². The highest BCUT2D eigenvalue weighted by molar-refractivity contribution is 5.20. The molecule has 0 atom stereocenters. The van der Waals surface area contributed by atoms with Crippen LogP contribution in [-0.4, -0.2) is 7.05 Å². The lowest BCUT2D eigenvalue weighted by molar-refractivity contribution is 0.817. The molecule has 0 unspecified atom stereocenters. The fourth-order valence-corrected chi connectivity index (χ4v) is 0.910. The molecule has 1 nitrogen and oxygen atoms in total. The third-order valence-electron chi connectivity index (χ3n) is 1.50. The summed E-state index contributed by atoms with van der Waals surface area (Å²) in [5.74, 6) is 0. The predicted octanol–water partition coefficient (Wildman–Crippen LogP) is 4.79. The van der Waals surface area contributed by atoms with E-state index in [0.717, 1.165) is 6.54 Å². The van der Waals surface area contributed by atoms with Gasteiger partial charge in [-0.1, -0.05) is 71.4 Å². The van der Waals surface area contributed by atoms with Gasteiger partial charge in [-0.15, -0.1) is 0 Å². The highest BCUT2D eigenvalue weighted by atomic mass is 14.8. The number of benzene rings is 1. The lowest BCUT2D eigenvalue weighted by Crippen LogP contribution is -2.04. The van der Waals surface area contributed by atoms with Gasteiger partial charge in [0.25, 0.3) is 0 Å². The van der Waals surface area contributed by atoms with Gasteiger partial charge >= 0.3 is 0 Å². The van der Waals surface area contributed by atoms with Crippen LogP contribution in [0, 0.1) is 6.92 Å². The second-order valence-electron chi connectivity index (χ2n) is 2.52. The molecular weight excluding hydrogens is 194 g/mol. The summed E-state index contributed by atoms with van der Waals surface area (Å²) in [6.07, 6.45) is 0. The van der Waals surface area contributed by atoms with Crippen molar-refractivity contribution >= 4 is 0 Å². The Bertz CT molecular complexity index is 189. The Balaban J connectivity index is -0.000000245. The molecule has 1 aromatic carbocycles. The molecule has 0 aromatic heterocycles. The average Bonchev–Trinajstić information content (AvgIpc) is 2.40. The van der Waals surface area contributed by atoms with Gasteiger partial charge in [0.2, 0.25) is 0 Å². The minimum atomic E-state index is 0.959. The second-order valence-corrected chi connectivity index (χ2v) is 2.52. The van der Waals surface area contributed by atoms with Gasteiger partial charge in [0, 0.05) is 6.54 Å². The molecule has 0 saturated heterocycles. The topological polar surface area (TPSA) is 12.0 Å². The van der Waals surface area contributed by atoms with E-state index >= 15 is 0 Å². The molecule has 0 aliphatic rings. The Morgan fingerprint density at radius 1 is 0.812 bits per heavy atom. The zero-order valence-electron chi connectivity index (χ0n) is 12.5. The summed E-state index contributed by atoms with van der Waals surface area (Å²) in [6, 6.07) is 8.55. The van der Waals surface area contributed by atoms with Crippen molar-refractivity contribution < 1.29 is 0 Å². The van der Waals surface area contributed by atoms with Crippen LogP contribution in [0.25, 0.3) is 0 Å². The molecule has 16 heavy (non-hydrogen) atoms. The maximum absolute atomic E-state index is 3.10. The van der Waals surface area contributed by atoms with E-state index in [1.54, 1.807) is 0 Å². The summed E-state index contributed by atoms with van der Waals surface area (Å²) in [7, 11) is 1.96. The van der Waals surface area contributed by atoms with Crippen LogP contribution in [0.2, 0.25) is 0 Å². The van der Waals surface area contributed by atoms with Crippen LogP contribution in [-0.2, 0) is 6.54 Å². The second kappa shape index (κ2) is 19.7. The fourth-order valence-electron chi connectivity index (χ4n) is 0.910. The molecule has 0 saturated carbocycles. The molecule has 0 fully saturated rings. The van der Waals surface area contributed by atoms with Crippen LogP contribution in [0.4, 0.5) is 0 Å². The lowest BCUT2D eigenvalue weighted by Gasteiger charge is -1.98. The van der Waals surface area contributed by atoms with Gasteiger partial charge in [-0.3, -0.25) is 0 Å². The van der Waals surface area contributed by atoms with Crippen molar-refractivity contribution in [2.45, 2.75) is 55.0 Å². The minimum Gasteiger partial charge on any atom is -0.316 e. The largest absolute Gasteiger partial charge is 0.316 e. The van der Waals surface area contributed by atoms with E-state index in [-0.39, 0.29) is 0 Å². The Morgan fingerprint density at radius 3 is 1.50 bits per heavy atom. The van der Waals surface area contributed by atoms with Crippen molar-refractivity contribution in [3.63, 3.8) is 0 Å². The summed E-state index contributed by atoms with van der Waals surface area (Å²) < 4.78 is 0. The van der Waals surface area contributed by atoms with Gasteiger partial charge < -0.3 is 5.32 Å². The van der Waals surface area contributed by atoms with Crippen LogP contribution < -0.4 is 5.32 Å². The van der Waals surface area contributed by atoms with Crippen molar-refractivity contribution in [2.75, 3.05) is 7.05 Å². The third kappa shape index (κ3) is 13.2. The molecule has 0 bridgehead atoms. The molecule has 1 heteroatoms. The highest BCUT2D eigenvalue weighted by Crippen LogP contribution is 2.01. The van der Waals surface area contributed by atoms with Crippen molar-refractivity contribution in [1.82, 2.24) is 5.32 Å².